The summed E-state index contributed by atoms with van der Waals surface area (Å²) in [5.41, 5.74) is 1.77. The molecule has 106 valence electrons. The fourth-order valence-electron chi connectivity index (χ4n) is 3.08. The molecule has 2 rings (SSSR count). The lowest BCUT2D eigenvalue weighted by molar-refractivity contribution is 0.268. The summed E-state index contributed by atoms with van der Waals surface area (Å²) in [4.78, 5) is 0. The maximum Gasteiger partial charge on any atom is 0.126 e. The monoisotopic (exact) mass is 263 g/mol. The van der Waals surface area contributed by atoms with E-state index in [-0.39, 0.29) is 11.9 Å². The molecule has 1 saturated carbocycles. The Kier molecular flexibility index (Phi) is 4.98. The van der Waals surface area contributed by atoms with Gasteiger partial charge in [0.05, 0.1) is 0 Å². The van der Waals surface area contributed by atoms with Crippen LogP contribution in [0.15, 0.2) is 18.2 Å². The minimum atomic E-state index is -0.0996. The predicted molar refractivity (Wildman–Crippen MR) is 78.7 cm³/mol. The van der Waals surface area contributed by atoms with Crippen LogP contribution >= 0.6 is 0 Å². The van der Waals surface area contributed by atoms with Crippen molar-refractivity contribution >= 4 is 0 Å². The molecule has 0 radical (unpaired) electrons. The highest BCUT2D eigenvalue weighted by atomic mass is 19.1. The van der Waals surface area contributed by atoms with Gasteiger partial charge in [-0.1, -0.05) is 31.9 Å². The van der Waals surface area contributed by atoms with Gasteiger partial charge in [-0.15, -0.1) is 0 Å². The Labute approximate surface area is 116 Å². The number of hydrogen-bond acceptors (Lipinski definition) is 1. The molecule has 3 unspecified atom stereocenters. The second-order valence-corrected chi connectivity index (χ2v) is 6.28. The van der Waals surface area contributed by atoms with E-state index in [9.17, 15) is 4.39 Å². The average molecular weight is 263 g/mol. The normalized spacial score (nSPS) is 25.3. The molecule has 1 N–H and O–H groups in total. The average Bonchev–Trinajstić information content (AvgIpc) is 2.39. The first-order valence-corrected chi connectivity index (χ1v) is 7.55. The Hall–Kier alpha value is -0.890. The van der Waals surface area contributed by atoms with Crippen molar-refractivity contribution in [1.82, 2.24) is 5.32 Å². The van der Waals surface area contributed by atoms with Crippen LogP contribution in [0, 0.1) is 24.6 Å². The zero-order valence-electron chi connectivity index (χ0n) is 12.4. The second kappa shape index (κ2) is 6.51. The zero-order chi connectivity index (χ0) is 13.8. The molecule has 1 aliphatic carbocycles. The fourth-order valence-corrected chi connectivity index (χ4v) is 3.08. The SMILES string of the molecule is Cc1ccc(C(C)NCC2CCCC(C)C2)cc1F. The molecule has 1 aromatic rings. The molecule has 0 aliphatic heterocycles. The lowest BCUT2D eigenvalue weighted by Gasteiger charge is -2.28. The van der Waals surface area contributed by atoms with E-state index in [0.717, 1.165) is 29.5 Å². The number of hydrogen-bond donors (Lipinski definition) is 1. The van der Waals surface area contributed by atoms with E-state index in [1.54, 1.807) is 13.0 Å². The van der Waals surface area contributed by atoms with Crippen molar-refractivity contribution < 1.29 is 4.39 Å². The Morgan fingerprint density at radius 1 is 1.37 bits per heavy atom. The number of halogens is 1. The zero-order valence-corrected chi connectivity index (χ0v) is 12.4. The van der Waals surface area contributed by atoms with Gasteiger partial charge in [-0.05, 0) is 62.3 Å². The van der Waals surface area contributed by atoms with Crippen molar-refractivity contribution in [2.75, 3.05) is 6.54 Å². The van der Waals surface area contributed by atoms with Crippen molar-refractivity contribution in [2.24, 2.45) is 11.8 Å². The molecule has 0 amide bonds. The van der Waals surface area contributed by atoms with Crippen LogP contribution in [0.1, 0.15) is 56.7 Å². The van der Waals surface area contributed by atoms with Crippen molar-refractivity contribution in [2.45, 2.75) is 52.5 Å². The molecular weight excluding hydrogens is 237 g/mol. The smallest absolute Gasteiger partial charge is 0.126 e. The van der Waals surface area contributed by atoms with Crippen molar-refractivity contribution in [3.05, 3.63) is 35.1 Å². The highest BCUT2D eigenvalue weighted by molar-refractivity contribution is 5.25. The summed E-state index contributed by atoms with van der Waals surface area (Å²) < 4.78 is 13.6. The summed E-state index contributed by atoms with van der Waals surface area (Å²) in [6, 6.07) is 5.79. The number of rotatable bonds is 4. The van der Waals surface area contributed by atoms with Crippen LogP contribution < -0.4 is 5.32 Å². The molecule has 3 atom stereocenters. The summed E-state index contributed by atoms with van der Waals surface area (Å²) in [7, 11) is 0. The fraction of sp³-hybridized carbons (Fsp3) is 0.647. The summed E-state index contributed by atoms with van der Waals surface area (Å²) in [6.45, 7) is 7.34. The van der Waals surface area contributed by atoms with E-state index in [2.05, 4.69) is 19.2 Å². The molecule has 19 heavy (non-hydrogen) atoms. The first-order chi connectivity index (χ1) is 9.06. The minimum Gasteiger partial charge on any atom is -0.310 e. The molecule has 0 spiro atoms. The number of aryl methyl sites for hydroxylation is 1. The van der Waals surface area contributed by atoms with Crippen LogP contribution in [0.4, 0.5) is 4.39 Å². The highest BCUT2D eigenvalue weighted by Gasteiger charge is 2.19. The molecule has 0 heterocycles. The molecule has 2 heteroatoms. The van der Waals surface area contributed by atoms with Gasteiger partial charge in [-0.2, -0.15) is 0 Å². The lowest BCUT2D eigenvalue weighted by atomic mass is 9.82. The van der Waals surface area contributed by atoms with Gasteiger partial charge in [0.15, 0.2) is 0 Å². The summed E-state index contributed by atoms with van der Waals surface area (Å²) in [6.07, 6.45) is 5.42. The molecule has 1 fully saturated rings. The maximum absolute atomic E-state index is 13.6. The third-order valence-electron chi connectivity index (χ3n) is 4.45. The summed E-state index contributed by atoms with van der Waals surface area (Å²) >= 11 is 0. The van der Waals surface area contributed by atoms with Crippen molar-refractivity contribution in [3.8, 4) is 0 Å². The second-order valence-electron chi connectivity index (χ2n) is 6.28. The molecule has 0 bridgehead atoms. The Balaban J connectivity index is 1.86. The quantitative estimate of drug-likeness (QED) is 0.836. The van der Waals surface area contributed by atoms with Crippen LogP contribution in [0.3, 0.4) is 0 Å². The Bertz CT molecular complexity index is 416. The number of benzene rings is 1. The van der Waals surface area contributed by atoms with E-state index < -0.39 is 0 Å². The van der Waals surface area contributed by atoms with Gasteiger partial charge in [-0.3, -0.25) is 0 Å². The predicted octanol–water partition coefficient (Wildman–Crippen LogP) is 4.61. The van der Waals surface area contributed by atoms with Gasteiger partial charge in [0.1, 0.15) is 5.82 Å². The van der Waals surface area contributed by atoms with Crippen LogP contribution in [0.2, 0.25) is 0 Å². The summed E-state index contributed by atoms with van der Waals surface area (Å²) in [5.74, 6) is 1.56. The van der Waals surface area contributed by atoms with Crippen LogP contribution in [0.5, 0.6) is 0 Å². The maximum atomic E-state index is 13.6. The van der Waals surface area contributed by atoms with E-state index >= 15 is 0 Å². The molecule has 1 aliphatic rings. The molecule has 0 saturated heterocycles. The molecule has 1 aromatic carbocycles. The van der Waals surface area contributed by atoms with E-state index in [1.165, 1.54) is 25.7 Å². The van der Waals surface area contributed by atoms with Crippen LogP contribution in [-0.4, -0.2) is 6.54 Å². The minimum absolute atomic E-state index is 0.0996. The largest absolute Gasteiger partial charge is 0.310 e. The van der Waals surface area contributed by atoms with Crippen molar-refractivity contribution in [3.63, 3.8) is 0 Å². The first-order valence-electron chi connectivity index (χ1n) is 7.55. The van der Waals surface area contributed by atoms with Gasteiger partial charge in [0.2, 0.25) is 0 Å². The Morgan fingerprint density at radius 3 is 2.84 bits per heavy atom. The van der Waals surface area contributed by atoms with Gasteiger partial charge < -0.3 is 5.32 Å². The van der Waals surface area contributed by atoms with Gasteiger partial charge in [0.25, 0.3) is 0 Å². The Morgan fingerprint density at radius 2 is 2.16 bits per heavy atom. The topological polar surface area (TPSA) is 12.0 Å². The number of nitrogens with one attached hydrogen (secondary N) is 1. The first kappa shape index (κ1) is 14.5. The highest BCUT2D eigenvalue weighted by Crippen LogP contribution is 2.28. The van der Waals surface area contributed by atoms with E-state index in [0.29, 0.717) is 0 Å². The third kappa shape index (κ3) is 4.04. The molecular formula is C17H26FN. The van der Waals surface area contributed by atoms with Crippen LogP contribution in [0.25, 0.3) is 0 Å². The van der Waals surface area contributed by atoms with E-state index in [1.807, 2.05) is 12.1 Å². The standard InChI is InChI=1S/C17H26FN/c1-12-5-4-6-15(9-12)11-19-14(3)16-8-7-13(2)17(18)10-16/h7-8,10,12,14-15,19H,4-6,9,11H2,1-3H3. The lowest BCUT2D eigenvalue weighted by Crippen LogP contribution is -2.28. The van der Waals surface area contributed by atoms with Gasteiger partial charge >= 0.3 is 0 Å². The molecule has 1 nitrogen and oxygen atoms in total. The summed E-state index contributed by atoms with van der Waals surface area (Å²) in [5, 5.41) is 3.57. The third-order valence-corrected chi connectivity index (χ3v) is 4.45. The van der Waals surface area contributed by atoms with Gasteiger partial charge in [-0.25, -0.2) is 4.39 Å². The molecule has 0 aromatic heterocycles. The van der Waals surface area contributed by atoms with E-state index in [4.69, 9.17) is 0 Å². The van der Waals surface area contributed by atoms with Crippen molar-refractivity contribution in [1.29, 1.82) is 0 Å². The van der Waals surface area contributed by atoms with Gasteiger partial charge in [0, 0.05) is 6.04 Å². The van der Waals surface area contributed by atoms with Crippen LogP contribution in [-0.2, 0) is 0 Å².